The molecular weight excluding hydrogens is 300 g/mol. The molecule has 0 radical (unpaired) electrons. The van der Waals surface area contributed by atoms with E-state index < -0.39 is 23.2 Å². The first-order valence-electron chi connectivity index (χ1n) is 6.73. The van der Waals surface area contributed by atoms with E-state index in [1.807, 2.05) is 19.0 Å². The molecule has 0 bridgehead atoms. The maximum atomic E-state index is 11.3. The molecule has 23 heavy (non-hydrogen) atoms. The van der Waals surface area contributed by atoms with Crippen molar-refractivity contribution in [2.45, 2.75) is 6.92 Å². The number of allylic oxidation sites excluding steroid dienone is 4. The first-order chi connectivity index (χ1) is 10.8. The highest BCUT2D eigenvalue weighted by Gasteiger charge is 2.21. The van der Waals surface area contributed by atoms with Crippen LogP contribution in [0.5, 0.6) is 17.2 Å². The SMILES string of the molecule is C\C=C/C(=C\C=C\N(C)C)Nc1c(C(=O)O)cc(O)c(O)c1O. The van der Waals surface area contributed by atoms with Crippen molar-refractivity contribution in [1.82, 2.24) is 4.90 Å². The van der Waals surface area contributed by atoms with Crippen LogP contribution >= 0.6 is 0 Å². The van der Waals surface area contributed by atoms with Gasteiger partial charge in [0.25, 0.3) is 0 Å². The number of hydrogen-bond donors (Lipinski definition) is 5. The summed E-state index contributed by atoms with van der Waals surface area (Å²) in [6.45, 7) is 1.78. The van der Waals surface area contributed by atoms with E-state index in [1.165, 1.54) is 0 Å². The van der Waals surface area contributed by atoms with Gasteiger partial charge in [-0.25, -0.2) is 4.79 Å². The number of rotatable bonds is 6. The van der Waals surface area contributed by atoms with Gasteiger partial charge in [0.2, 0.25) is 5.75 Å². The molecule has 0 saturated carbocycles. The molecule has 0 fully saturated rings. The van der Waals surface area contributed by atoms with Crippen LogP contribution < -0.4 is 5.32 Å². The number of hydrogen-bond acceptors (Lipinski definition) is 6. The summed E-state index contributed by atoms with van der Waals surface area (Å²) in [5, 5.41) is 40.9. The second kappa shape index (κ2) is 7.79. The van der Waals surface area contributed by atoms with E-state index >= 15 is 0 Å². The average Bonchev–Trinajstić information content (AvgIpc) is 2.47. The third-order valence-corrected chi connectivity index (χ3v) is 2.76. The van der Waals surface area contributed by atoms with Crippen molar-refractivity contribution in [3.8, 4) is 17.2 Å². The Balaban J connectivity index is 3.33. The van der Waals surface area contributed by atoms with Gasteiger partial charge in [0.05, 0.1) is 11.3 Å². The Bertz CT molecular complexity index is 676. The second-order valence-corrected chi connectivity index (χ2v) is 4.87. The zero-order valence-electron chi connectivity index (χ0n) is 13.1. The zero-order chi connectivity index (χ0) is 17.6. The number of aromatic hydroxyl groups is 3. The van der Waals surface area contributed by atoms with Crippen LogP contribution in [0.15, 0.2) is 42.3 Å². The molecule has 7 heteroatoms. The Morgan fingerprint density at radius 1 is 1.22 bits per heavy atom. The molecule has 1 aromatic rings. The van der Waals surface area contributed by atoms with Gasteiger partial charge in [-0.3, -0.25) is 0 Å². The zero-order valence-corrected chi connectivity index (χ0v) is 13.1. The maximum Gasteiger partial charge on any atom is 0.338 e. The summed E-state index contributed by atoms with van der Waals surface area (Å²) in [7, 11) is 3.69. The lowest BCUT2D eigenvalue weighted by Crippen LogP contribution is -2.06. The van der Waals surface area contributed by atoms with E-state index in [-0.39, 0.29) is 11.3 Å². The van der Waals surface area contributed by atoms with Gasteiger partial charge in [0.1, 0.15) is 0 Å². The first kappa shape index (κ1) is 18.0. The lowest BCUT2D eigenvalue weighted by Gasteiger charge is -2.14. The van der Waals surface area contributed by atoms with Gasteiger partial charge in [0.15, 0.2) is 11.5 Å². The number of carboxylic acid groups (broad SMARTS) is 1. The average molecular weight is 320 g/mol. The maximum absolute atomic E-state index is 11.3. The highest BCUT2D eigenvalue weighted by atomic mass is 16.4. The molecule has 0 amide bonds. The molecule has 1 aromatic carbocycles. The van der Waals surface area contributed by atoms with Crippen molar-refractivity contribution >= 4 is 11.7 Å². The standard InChI is InChI=1S/C16H20N2O5/c1-4-6-10(7-5-8-18(2)3)17-13-11(16(22)23)9-12(19)14(20)15(13)21/h4-9,17,19-21H,1-3H3,(H,22,23)/b6-4-,8-5+,10-7+. The lowest BCUT2D eigenvalue weighted by molar-refractivity contribution is 0.0697. The van der Waals surface area contributed by atoms with Crippen molar-refractivity contribution in [2.24, 2.45) is 0 Å². The van der Waals surface area contributed by atoms with Crippen LogP contribution in [-0.4, -0.2) is 45.4 Å². The summed E-state index contributed by atoms with van der Waals surface area (Å²) in [6.07, 6.45) is 8.54. The number of nitrogens with one attached hydrogen (secondary N) is 1. The molecule has 0 atom stereocenters. The van der Waals surface area contributed by atoms with Gasteiger partial charge in [-0.2, -0.15) is 0 Å². The largest absolute Gasteiger partial charge is 0.504 e. The van der Waals surface area contributed by atoms with Gasteiger partial charge in [0, 0.05) is 25.9 Å². The number of carbonyl (C=O) groups is 1. The summed E-state index contributed by atoms with van der Waals surface area (Å²) >= 11 is 0. The second-order valence-electron chi connectivity index (χ2n) is 4.87. The molecule has 1 rings (SSSR count). The smallest absolute Gasteiger partial charge is 0.338 e. The van der Waals surface area contributed by atoms with Crippen LogP contribution in [-0.2, 0) is 0 Å². The molecule has 124 valence electrons. The predicted octanol–water partition coefficient (Wildman–Crippen LogP) is 2.45. The van der Waals surface area contributed by atoms with Gasteiger partial charge in [-0.05, 0) is 31.4 Å². The van der Waals surface area contributed by atoms with Gasteiger partial charge in [-0.15, -0.1) is 0 Å². The number of carboxylic acids is 1. The van der Waals surface area contributed by atoms with Crippen molar-refractivity contribution < 1.29 is 25.2 Å². The molecule has 0 aliphatic heterocycles. The van der Waals surface area contributed by atoms with Crippen molar-refractivity contribution in [2.75, 3.05) is 19.4 Å². The number of anilines is 1. The lowest BCUT2D eigenvalue weighted by atomic mass is 10.1. The minimum Gasteiger partial charge on any atom is -0.504 e. The molecular formula is C16H20N2O5. The summed E-state index contributed by atoms with van der Waals surface area (Å²) in [5.41, 5.74) is -0.103. The fourth-order valence-corrected chi connectivity index (χ4v) is 1.72. The first-order valence-corrected chi connectivity index (χ1v) is 6.73. The topological polar surface area (TPSA) is 113 Å². The predicted molar refractivity (Wildman–Crippen MR) is 87.7 cm³/mol. The summed E-state index contributed by atoms with van der Waals surface area (Å²) in [4.78, 5) is 13.1. The Kier molecular flexibility index (Phi) is 6.08. The van der Waals surface area contributed by atoms with Crippen LogP contribution in [0.2, 0.25) is 0 Å². The third-order valence-electron chi connectivity index (χ3n) is 2.76. The minimum absolute atomic E-state index is 0.213. The highest BCUT2D eigenvalue weighted by molar-refractivity contribution is 5.98. The molecule has 0 heterocycles. The molecule has 0 spiro atoms. The molecule has 0 aliphatic carbocycles. The summed E-state index contributed by atoms with van der Waals surface area (Å²) < 4.78 is 0. The number of nitrogens with zero attached hydrogens (tertiary/aromatic N) is 1. The molecule has 0 saturated heterocycles. The Morgan fingerprint density at radius 2 is 1.87 bits per heavy atom. The van der Waals surface area contributed by atoms with E-state index in [2.05, 4.69) is 5.32 Å². The fourth-order valence-electron chi connectivity index (χ4n) is 1.72. The summed E-state index contributed by atoms with van der Waals surface area (Å²) in [5.74, 6) is -3.60. The Morgan fingerprint density at radius 3 is 2.39 bits per heavy atom. The van der Waals surface area contributed by atoms with Crippen LogP contribution in [0.1, 0.15) is 17.3 Å². The van der Waals surface area contributed by atoms with E-state index in [0.717, 1.165) is 6.07 Å². The van der Waals surface area contributed by atoms with Crippen LogP contribution in [0, 0.1) is 0 Å². The molecule has 5 N–H and O–H groups in total. The van der Waals surface area contributed by atoms with Gasteiger partial charge in [-0.1, -0.05) is 6.08 Å². The third kappa shape index (κ3) is 4.70. The Labute approximate surface area is 134 Å². The molecule has 0 unspecified atom stereocenters. The molecule has 7 nitrogen and oxygen atoms in total. The van der Waals surface area contributed by atoms with Crippen molar-refractivity contribution in [3.63, 3.8) is 0 Å². The Hall–Kier alpha value is -3.09. The van der Waals surface area contributed by atoms with Crippen molar-refractivity contribution in [3.05, 3.63) is 47.8 Å². The number of phenols is 3. The van der Waals surface area contributed by atoms with E-state index in [0.29, 0.717) is 5.70 Å². The van der Waals surface area contributed by atoms with Crippen molar-refractivity contribution in [1.29, 1.82) is 0 Å². The van der Waals surface area contributed by atoms with E-state index in [4.69, 9.17) is 0 Å². The minimum atomic E-state index is -1.36. The van der Waals surface area contributed by atoms with Crippen LogP contribution in [0.3, 0.4) is 0 Å². The number of benzene rings is 1. The fraction of sp³-hybridized carbons (Fsp3) is 0.188. The van der Waals surface area contributed by atoms with Gasteiger partial charge < -0.3 is 30.6 Å². The van der Waals surface area contributed by atoms with Crippen LogP contribution in [0.25, 0.3) is 0 Å². The van der Waals surface area contributed by atoms with E-state index in [1.54, 1.807) is 37.4 Å². The molecule has 0 aliphatic rings. The number of aromatic carboxylic acids is 1. The van der Waals surface area contributed by atoms with Gasteiger partial charge >= 0.3 is 5.97 Å². The monoisotopic (exact) mass is 320 g/mol. The van der Waals surface area contributed by atoms with E-state index in [9.17, 15) is 25.2 Å². The number of phenolic OH excluding ortho intramolecular Hbond substituents is 3. The van der Waals surface area contributed by atoms with Crippen LogP contribution in [0.4, 0.5) is 5.69 Å². The highest BCUT2D eigenvalue weighted by Crippen LogP contribution is 2.43. The summed E-state index contributed by atoms with van der Waals surface area (Å²) in [6, 6.07) is 0.864. The normalized spacial score (nSPS) is 12.0. The quantitative estimate of drug-likeness (QED) is 0.311. The molecule has 0 aromatic heterocycles.